The molecule has 2 aromatic carbocycles. The smallest absolute Gasteiger partial charge is 0.374 e. The number of nitrogens with zero attached hydrogens (tertiary/aromatic N) is 2. The van der Waals surface area contributed by atoms with E-state index in [1.165, 1.54) is 11.3 Å². The minimum Gasteiger partial charge on any atom is -0.374 e. The van der Waals surface area contributed by atoms with Crippen LogP contribution in [0, 0.1) is 0 Å². The number of benzene rings is 2. The lowest BCUT2D eigenvalue weighted by Crippen LogP contribution is -2.36. The Kier molecular flexibility index (Phi) is 6.83. The number of hydrogen-bond donors (Lipinski definition) is 1. The molecule has 2 heterocycles. The Balaban J connectivity index is 1.59. The van der Waals surface area contributed by atoms with E-state index in [-0.39, 0.29) is 18.2 Å². The highest BCUT2D eigenvalue weighted by atomic mass is 32.1. The molecule has 1 unspecified atom stereocenters. The number of guanidine groups is 1. The Labute approximate surface area is 201 Å². The summed E-state index contributed by atoms with van der Waals surface area (Å²) in [5, 5.41) is 6.03. The zero-order chi connectivity index (χ0) is 25.3. The van der Waals surface area contributed by atoms with Gasteiger partial charge in [0.2, 0.25) is 0 Å². The molecule has 0 saturated heterocycles. The van der Waals surface area contributed by atoms with E-state index in [0.717, 1.165) is 10.6 Å². The third kappa shape index (κ3) is 5.79. The first-order valence-corrected chi connectivity index (χ1v) is 11.4. The second-order valence-electron chi connectivity index (χ2n) is 8.20. The summed E-state index contributed by atoms with van der Waals surface area (Å²) in [7, 11) is 1.84. The van der Waals surface area contributed by atoms with Crippen molar-refractivity contribution >= 4 is 22.3 Å². The average Bonchev–Trinajstić information content (AvgIpc) is 3.42. The molecule has 1 aromatic heterocycles. The molecule has 1 aliphatic heterocycles. The Bertz CT molecular complexity index is 1150. The van der Waals surface area contributed by atoms with Crippen LogP contribution in [0.1, 0.15) is 22.3 Å². The van der Waals surface area contributed by atoms with Gasteiger partial charge in [0.05, 0.1) is 35.9 Å². The molecule has 186 valence electrons. The van der Waals surface area contributed by atoms with Crippen LogP contribution in [0.15, 0.2) is 71.0 Å². The number of anilines is 1. The van der Waals surface area contributed by atoms with Crippen molar-refractivity contribution in [2.24, 2.45) is 4.99 Å². The second-order valence-corrected chi connectivity index (χ2v) is 9.15. The zero-order valence-corrected chi connectivity index (χ0v) is 19.3. The summed E-state index contributed by atoms with van der Waals surface area (Å²) in [4.78, 5) is 6.73. The molecule has 35 heavy (non-hydrogen) atoms. The van der Waals surface area contributed by atoms with Crippen LogP contribution >= 0.6 is 11.3 Å². The summed E-state index contributed by atoms with van der Waals surface area (Å²) in [6, 6.07) is 14.5. The van der Waals surface area contributed by atoms with Gasteiger partial charge in [-0.1, -0.05) is 30.3 Å². The fraction of sp³-hybridized carbons (Fsp3) is 0.292. The van der Waals surface area contributed by atoms with Gasteiger partial charge in [-0.3, -0.25) is 0 Å². The highest BCUT2D eigenvalue weighted by molar-refractivity contribution is 7.14. The van der Waals surface area contributed by atoms with Crippen LogP contribution in [0.3, 0.4) is 0 Å². The van der Waals surface area contributed by atoms with Gasteiger partial charge < -0.3 is 15.0 Å². The predicted molar refractivity (Wildman–Crippen MR) is 122 cm³/mol. The van der Waals surface area contributed by atoms with Crippen LogP contribution in [0.25, 0.3) is 0 Å². The van der Waals surface area contributed by atoms with Crippen LogP contribution < -0.4 is 5.32 Å². The Morgan fingerprint density at radius 3 is 2.20 bits per heavy atom. The topological polar surface area (TPSA) is 36.9 Å². The number of rotatable bonds is 6. The Morgan fingerprint density at radius 1 is 0.971 bits per heavy atom. The largest absolute Gasteiger partial charge is 0.416 e. The quantitative estimate of drug-likeness (QED) is 0.377. The van der Waals surface area contributed by atoms with Gasteiger partial charge in [-0.15, -0.1) is 11.3 Å². The molecule has 0 fully saturated rings. The van der Waals surface area contributed by atoms with Gasteiger partial charge in [-0.2, -0.15) is 26.3 Å². The van der Waals surface area contributed by atoms with E-state index < -0.39 is 35.6 Å². The summed E-state index contributed by atoms with van der Waals surface area (Å²) < 4.78 is 84.9. The number of ether oxygens (including phenoxy) is 1. The molecule has 0 amide bonds. The maximum absolute atomic E-state index is 13.2. The highest BCUT2D eigenvalue weighted by Gasteiger charge is 2.41. The van der Waals surface area contributed by atoms with Gasteiger partial charge in [-0.25, -0.2) is 4.99 Å². The van der Waals surface area contributed by atoms with Crippen molar-refractivity contribution in [3.05, 3.63) is 88.3 Å². The van der Waals surface area contributed by atoms with Crippen molar-refractivity contribution in [1.29, 1.82) is 0 Å². The number of hydrogen-bond acceptors (Lipinski definition) is 5. The summed E-state index contributed by atoms with van der Waals surface area (Å²) in [5.74, 6) is 0.582. The molecule has 4 rings (SSSR count). The number of likely N-dealkylation sites (N-methyl/N-ethyl adjacent to an activating group) is 1. The summed E-state index contributed by atoms with van der Waals surface area (Å²) in [6.07, 6.45) is -9.83. The monoisotopic (exact) mass is 513 g/mol. The van der Waals surface area contributed by atoms with Crippen molar-refractivity contribution in [1.82, 2.24) is 4.90 Å². The molecule has 1 atom stereocenters. The van der Waals surface area contributed by atoms with E-state index in [2.05, 4.69) is 5.32 Å². The van der Waals surface area contributed by atoms with Gasteiger partial charge in [-0.05, 0) is 46.8 Å². The fourth-order valence-electron chi connectivity index (χ4n) is 3.88. The Hall–Kier alpha value is -3.05. The molecule has 4 nitrogen and oxygen atoms in total. The lowest BCUT2D eigenvalue weighted by Gasteiger charge is -2.27. The van der Waals surface area contributed by atoms with Crippen LogP contribution in [0.5, 0.6) is 0 Å². The number of nitrogens with one attached hydrogen (secondary N) is 1. The number of thiophene rings is 1. The van der Waals surface area contributed by atoms with Gasteiger partial charge in [0.25, 0.3) is 0 Å². The van der Waals surface area contributed by atoms with Crippen LogP contribution in [-0.2, 0) is 29.2 Å². The van der Waals surface area contributed by atoms with E-state index in [0.29, 0.717) is 24.6 Å². The van der Waals surface area contributed by atoms with Crippen molar-refractivity contribution < 1.29 is 31.1 Å². The first-order valence-electron chi connectivity index (χ1n) is 10.5. The maximum Gasteiger partial charge on any atom is 0.416 e. The molecule has 1 N–H and O–H groups in total. The lowest BCUT2D eigenvalue weighted by atomic mass is 9.92. The third-order valence-electron chi connectivity index (χ3n) is 5.50. The highest BCUT2D eigenvalue weighted by Crippen LogP contribution is 2.37. The van der Waals surface area contributed by atoms with Crippen molar-refractivity contribution in [2.75, 3.05) is 25.5 Å². The molecule has 0 spiro atoms. The predicted octanol–water partition coefficient (Wildman–Crippen LogP) is 6.61. The Morgan fingerprint density at radius 2 is 1.63 bits per heavy atom. The fourth-order valence-corrected chi connectivity index (χ4v) is 4.49. The standard InChI is InChI=1S/C24H21F6N3OS/c1-33-14-22(17-6-3-2-4-7-17,32-21(33)31-20-8-5-9-35-20)15-34-13-16-10-18(23(25,26)27)12-19(11-16)24(28,29)30/h2-12H,13-15H2,1H3,(H,31,32). The van der Waals surface area contributed by atoms with E-state index in [1.54, 1.807) is 0 Å². The molecule has 1 aliphatic rings. The van der Waals surface area contributed by atoms with Crippen molar-refractivity contribution in [3.63, 3.8) is 0 Å². The molecule has 0 radical (unpaired) electrons. The van der Waals surface area contributed by atoms with E-state index in [1.807, 2.05) is 59.8 Å². The molecular formula is C24H21F6N3OS. The average molecular weight is 514 g/mol. The lowest BCUT2D eigenvalue weighted by molar-refractivity contribution is -0.143. The number of alkyl halides is 6. The summed E-state index contributed by atoms with van der Waals surface area (Å²) >= 11 is 1.50. The molecule has 0 bridgehead atoms. The van der Waals surface area contributed by atoms with Gasteiger partial charge in [0, 0.05) is 7.05 Å². The van der Waals surface area contributed by atoms with Crippen LogP contribution in [-0.4, -0.2) is 31.1 Å². The van der Waals surface area contributed by atoms with Crippen LogP contribution in [0.4, 0.5) is 31.3 Å². The summed E-state index contributed by atoms with van der Waals surface area (Å²) in [5.41, 5.74) is -3.05. The minimum absolute atomic E-state index is 0.0471. The van der Waals surface area contributed by atoms with Crippen LogP contribution in [0.2, 0.25) is 0 Å². The molecule has 0 aliphatic carbocycles. The van der Waals surface area contributed by atoms with Gasteiger partial charge in [0.15, 0.2) is 5.96 Å². The minimum atomic E-state index is -4.91. The third-order valence-corrected chi connectivity index (χ3v) is 6.29. The molecule has 3 aromatic rings. The normalized spacial score (nSPS) is 18.6. The first kappa shape index (κ1) is 25.1. The van der Waals surface area contributed by atoms with Crippen molar-refractivity contribution in [3.8, 4) is 0 Å². The number of halogens is 6. The zero-order valence-electron chi connectivity index (χ0n) is 18.5. The van der Waals surface area contributed by atoms with E-state index in [9.17, 15) is 26.3 Å². The first-order chi connectivity index (χ1) is 16.5. The van der Waals surface area contributed by atoms with E-state index in [4.69, 9.17) is 9.73 Å². The van der Waals surface area contributed by atoms with E-state index >= 15 is 0 Å². The SMILES string of the molecule is CN1CC(COCc2cc(C(F)(F)F)cc(C(F)(F)F)c2)(c2ccccc2)N=C1Nc1cccs1. The van der Waals surface area contributed by atoms with Gasteiger partial charge in [0.1, 0.15) is 5.54 Å². The maximum atomic E-state index is 13.2. The van der Waals surface area contributed by atoms with Crippen molar-refractivity contribution in [2.45, 2.75) is 24.5 Å². The summed E-state index contributed by atoms with van der Waals surface area (Å²) in [6.45, 7) is -0.0792. The van der Waals surface area contributed by atoms with Gasteiger partial charge >= 0.3 is 12.4 Å². The molecule has 0 saturated carbocycles. The second kappa shape index (κ2) is 9.54. The number of aliphatic imine (C=N–C) groups is 1. The molecular weight excluding hydrogens is 492 g/mol. The molecule has 11 heteroatoms.